The smallest absolute Gasteiger partial charge is 0.211 e. The van der Waals surface area contributed by atoms with Gasteiger partial charge in [0, 0.05) is 6.07 Å². The Morgan fingerprint density at radius 1 is 1.38 bits per heavy atom. The first-order chi connectivity index (χ1) is 6.11. The number of phenols is 1. The summed E-state index contributed by atoms with van der Waals surface area (Å²) in [6.07, 6.45) is 0. The highest BCUT2D eigenvalue weighted by molar-refractivity contribution is 9.10. The molecule has 0 unspecified atom stereocenters. The number of phenolic OH excluding ortho intramolecular Hbond substituents is 1. The van der Waals surface area contributed by atoms with Gasteiger partial charge in [-0.2, -0.15) is 4.39 Å². The molecule has 0 spiro atoms. The summed E-state index contributed by atoms with van der Waals surface area (Å²) in [6, 6.07) is 1.43. The van der Waals surface area contributed by atoms with Gasteiger partial charge in [-0.05, 0) is 15.9 Å². The monoisotopic (exact) mass is 250 g/mol. The van der Waals surface area contributed by atoms with Crippen molar-refractivity contribution in [2.75, 3.05) is 14.2 Å². The van der Waals surface area contributed by atoms with Crippen molar-refractivity contribution in [3.05, 3.63) is 16.4 Å². The highest BCUT2D eigenvalue weighted by Gasteiger charge is 2.17. The molecule has 0 saturated carbocycles. The number of ether oxygens (including phenoxy) is 2. The summed E-state index contributed by atoms with van der Waals surface area (Å²) in [5, 5.41) is 9.18. The lowest BCUT2D eigenvalue weighted by Gasteiger charge is -2.10. The summed E-state index contributed by atoms with van der Waals surface area (Å²) in [5.41, 5.74) is 0. The normalized spacial score (nSPS) is 9.85. The average molecular weight is 251 g/mol. The van der Waals surface area contributed by atoms with Gasteiger partial charge in [0.05, 0.1) is 18.7 Å². The number of benzene rings is 1. The van der Waals surface area contributed by atoms with Gasteiger partial charge < -0.3 is 14.6 Å². The van der Waals surface area contributed by atoms with E-state index in [1.807, 2.05) is 0 Å². The summed E-state index contributed by atoms with van der Waals surface area (Å²) in [5.74, 6) is -1.21. The maximum Gasteiger partial charge on any atom is 0.211 e. The molecule has 0 heterocycles. The number of rotatable bonds is 2. The van der Waals surface area contributed by atoms with Gasteiger partial charge in [0.25, 0.3) is 0 Å². The van der Waals surface area contributed by atoms with Crippen LogP contribution in [-0.4, -0.2) is 19.3 Å². The van der Waals surface area contributed by atoms with Crippen molar-refractivity contribution in [3.63, 3.8) is 0 Å². The molecule has 5 heteroatoms. The van der Waals surface area contributed by atoms with E-state index in [-0.39, 0.29) is 16.0 Å². The van der Waals surface area contributed by atoms with Crippen LogP contribution < -0.4 is 9.47 Å². The van der Waals surface area contributed by atoms with E-state index in [1.165, 1.54) is 20.3 Å². The second-order valence-corrected chi connectivity index (χ2v) is 3.11. The van der Waals surface area contributed by atoms with Crippen molar-refractivity contribution >= 4 is 15.9 Å². The van der Waals surface area contributed by atoms with E-state index in [1.54, 1.807) is 0 Å². The van der Waals surface area contributed by atoms with E-state index in [0.717, 1.165) is 0 Å². The van der Waals surface area contributed by atoms with Gasteiger partial charge in [0.15, 0.2) is 11.5 Å². The van der Waals surface area contributed by atoms with Crippen molar-refractivity contribution in [2.45, 2.75) is 0 Å². The van der Waals surface area contributed by atoms with Crippen molar-refractivity contribution in [1.29, 1.82) is 0 Å². The molecule has 0 aliphatic heterocycles. The maximum absolute atomic E-state index is 13.2. The zero-order valence-electron chi connectivity index (χ0n) is 7.10. The number of hydrogen-bond acceptors (Lipinski definition) is 3. The first-order valence-electron chi connectivity index (χ1n) is 3.40. The molecule has 1 rings (SSSR count). The van der Waals surface area contributed by atoms with Gasteiger partial charge in [0.2, 0.25) is 11.6 Å². The molecule has 0 atom stereocenters. The van der Waals surface area contributed by atoms with Crippen LogP contribution in [0.3, 0.4) is 0 Å². The zero-order chi connectivity index (χ0) is 10.0. The summed E-state index contributed by atoms with van der Waals surface area (Å²) in [7, 11) is 2.69. The Kier molecular flexibility index (Phi) is 2.98. The summed E-state index contributed by atoms with van der Waals surface area (Å²) in [4.78, 5) is 0. The third-order valence-electron chi connectivity index (χ3n) is 1.54. The van der Waals surface area contributed by atoms with E-state index in [4.69, 9.17) is 9.47 Å². The molecule has 0 amide bonds. The quantitative estimate of drug-likeness (QED) is 0.876. The van der Waals surface area contributed by atoms with E-state index in [2.05, 4.69) is 15.9 Å². The van der Waals surface area contributed by atoms with Crippen molar-refractivity contribution in [2.24, 2.45) is 0 Å². The predicted octanol–water partition coefficient (Wildman–Crippen LogP) is 2.31. The molecule has 0 aromatic heterocycles. The fourth-order valence-electron chi connectivity index (χ4n) is 0.911. The minimum atomic E-state index is -0.839. The third-order valence-corrected chi connectivity index (χ3v) is 2.14. The van der Waals surface area contributed by atoms with Gasteiger partial charge in [-0.25, -0.2) is 0 Å². The number of hydrogen-bond donors (Lipinski definition) is 1. The Balaban J connectivity index is 3.39. The van der Waals surface area contributed by atoms with E-state index >= 15 is 0 Å². The maximum atomic E-state index is 13.2. The fourth-order valence-corrected chi connectivity index (χ4v) is 1.29. The number of aromatic hydroxyl groups is 1. The van der Waals surface area contributed by atoms with Crippen LogP contribution in [0.25, 0.3) is 0 Å². The molecule has 13 heavy (non-hydrogen) atoms. The van der Waals surface area contributed by atoms with Crippen LogP contribution in [0.2, 0.25) is 0 Å². The molecule has 0 bridgehead atoms. The van der Waals surface area contributed by atoms with Crippen LogP contribution in [0.4, 0.5) is 4.39 Å². The Bertz CT molecular complexity index is 328. The molecule has 0 radical (unpaired) electrons. The molecule has 3 nitrogen and oxygen atoms in total. The van der Waals surface area contributed by atoms with E-state index < -0.39 is 11.6 Å². The van der Waals surface area contributed by atoms with Gasteiger partial charge in [-0.15, -0.1) is 0 Å². The lowest BCUT2D eigenvalue weighted by Crippen LogP contribution is -1.94. The Morgan fingerprint density at radius 2 is 2.00 bits per heavy atom. The Morgan fingerprint density at radius 3 is 2.46 bits per heavy atom. The number of methoxy groups -OCH3 is 2. The summed E-state index contributed by atoms with van der Waals surface area (Å²) >= 11 is 2.98. The molecule has 0 aliphatic rings. The van der Waals surface area contributed by atoms with Crippen molar-refractivity contribution in [3.8, 4) is 17.2 Å². The minimum absolute atomic E-state index is 0.108. The SMILES string of the molecule is COc1cc(Br)c(O)c(F)c1OC. The lowest BCUT2D eigenvalue weighted by molar-refractivity contribution is 0.325. The molecular weight excluding hydrogens is 243 g/mol. The summed E-state index contributed by atoms with van der Waals surface area (Å²) < 4.78 is 23.0. The van der Waals surface area contributed by atoms with E-state index in [9.17, 15) is 9.50 Å². The fraction of sp³-hybridized carbons (Fsp3) is 0.250. The average Bonchev–Trinajstić information content (AvgIpc) is 2.13. The van der Waals surface area contributed by atoms with Crippen LogP contribution in [-0.2, 0) is 0 Å². The summed E-state index contributed by atoms with van der Waals surface area (Å²) in [6.45, 7) is 0. The second kappa shape index (κ2) is 3.83. The third kappa shape index (κ3) is 1.70. The topological polar surface area (TPSA) is 38.7 Å². The predicted molar refractivity (Wildman–Crippen MR) is 48.9 cm³/mol. The second-order valence-electron chi connectivity index (χ2n) is 2.26. The highest BCUT2D eigenvalue weighted by atomic mass is 79.9. The van der Waals surface area contributed by atoms with Crippen LogP contribution in [0.1, 0.15) is 0 Å². The largest absolute Gasteiger partial charge is 0.504 e. The molecule has 1 aromatic rings. The molecule has 72 valence electrons. The molecule has 1 N–H and O–H groups in total. The van der Waals surface area contributed by atoms with Gasteiger partial charge in [-0.1, -0.05) is 0 Å². The number of halogens is 2. The van der Waals surface area contributed by atoms with Crippen molar-refractivity contribution in [1.82, 2.24) is 0 Å². The van der Waals surface area contributed by atoms with Crippen molar-refractivity contribution < 1.29 is 19.0 Å². The van der Waals surface area contributed by atoms with Gasteiger partial charge in [0.1, 0.15) is 0 Å². The van der Waals surface area contributed by atoms with Crippen LogP contribution in [0.15, 0.2) is 10.5 Å². The van der Waals surface area contributed by atoms with Crippen LogP contribution >= 0.6 is 15.9 Å². The molecule has 0 aliphatic carbocycles. The first kappa shape index (κ1) is 10.1. The Labute approximate surface area is 83.2 Å². The lowest BCUT2D eigenvalue weighted by atomic mass is 10.3. The first-order valence-corrected chi connectivity index (χ1v) is 4.20. The molecule has 1 aromatic carbocycles. The van der Waals surface area contributed by atoms with Gasteiger partial charge >= 0.3 is 0 Å². The highest BCUT2D eigenvalue weighted by Crippen LogP contribution is 2.40. The van der Waals surface area contributed by atoms with E-state index in [0.29, 0.717) is 0 Å². The Hall–Kier alpha value is -0.970. The van der Waals surface area contributed by atoms with Crippen LogP contribution in [0.5, 0.6) is 17.2 Å². The standard InChI is InChI=1S/C8H8BrFO3/c1-12-5-3-4(9)7(11)6(10)8(5)13-2/h3,11H,1-2H3. The molecular formula is C8H8BrFO3. The minimum Gasteiger partial charge on any atom is -0.504 e. The molecule has 0 saturated heterocycles. The molecule has 0 fully saturated rings. The van der Waals surface area contributed by atoms with Gasteiger partial charge in [-0.3, -0.25) is 0 Å². The van der Waals surface area contributed by atoms with Crippen LogP contribution in [0, 0.1) is 5.82 Å². The zero-order valence-corrected chi connectivity index (χ0v) is 8.68.